The van der Waals surface area contributed by atoms with Crippen LogP contribution >= 0.6 is 0 Å². The first-order valence-corrected chi connectivity index (χ1v) is 5.79. The van der Waals surface area contributed by atoms with Crippen LogP contribution in [0.1, 0.15) is 12.3 Å². The second-order valence-electron chi connectivity index (χ2n) is 3.92. The number of aromatic nitrogens is 2. The fourth-order valence-corrected chi connectivity index (χ4v) is 1.62. The number of rotatable bonds is 4. The van der Waals surface area contributed by atoms with Crippen molar-refractivity contribution in [2.45, 2.75) is 13.3 Å². The van der Waals surface area contributed by atoms with Gasteiger partial charge < -0.3 is 14.5 Å². The summed E-state index contributed by atoms with van der Waals surface area (Å²) in [7, 11) is 1.49. The minimum absolute atomic E-state index is 0.229. The molecule has 1 amide bonds. The normalized spacial score (nSPS) is 9.85. The van der Waals surface area contributed by atoms with Gasteiger partial charge in [0.15, 0.2) is 0 Å². The van der Waals surface area contributed by atoms with E-state index in [1.165, 1.54) is 7.11 Å². The van der Waals surface area contributed by atoms with Gasteiger partial charge in [-0.15, -0.1) is 10.2 Å². The van der Waals surface area contributed by atoms with E-state index in [1.54, 1.807) is 31.2 Å². The third kappa shape index (κ3) is 2.92. The number of ether oxygens (including phenoxy) is 1. The topological polar surface area (TPSA) is 101 Å². The smallest absolute Gasteiger partial charge is 0.247 e. The molecule has 1 N–H and O–H groups in total. The number of carbonyl (C=O) groups excluding carboxylic acids is 1. The van der Waals surface area contributed by atoms with E-state index in [2.05, 4.69) is 15.5 Å². The van der Waals surface area contributed by atoms with Gasteiger partial charge in [-0.05, 0) is 18.2 Å². The lowest BCUT2D eigenvalue weighted by Crippen LogP contribution is -2.11. The Balaban J connectivity index is 2.34. The largest absolute Gasteiger partial charge is 0.495 e. The number of aryl methyl sites for hydroxylation is 1. The average molecular weight is 272 g/mol. The van der Waals surface area contributed by atoms with Gasteiger partial charge in [0.25, 0.3) is 0 Å². The Kier molecular flexibility index (Phi) is 3.96. The molecule has 1 aromatic carbocycles. The zero-order valence-electron chi connectivity index (χ0n) is 11.0. The fourth-order valence-electron chi connectivity index (χ4n) is 1.62. The number of hydrogen-bond donors (Lipinski definition) is 1. The minimum atomic E-state index is -0.412. The number of benzene rings is 1. The zero-order chi connectivity index (χ0) is 14.5. The van der Waals surface area contributed by atoms with E-state index in [1.807, 2.05) is 0 Å². The summed E-state index contributed by atoms with van der Waals surface area (Å²) in [5.41, 5.74) is 1.10. The van der Waals surface area contributed by atoms with E-state index >= 15 is 0 Å². The maximum Gasteiger partial charge on any atom is 0.247 e. The molecule has 0 aliphatic carbocycles. The first-order valence-electron chi connectivity index (χ1n) is 5.79. The van der Waals surface area contributed by atoms with E-state index in [0.717, 1.165) is 0 Å². The van der Waals surface area contributed by atoms with Crippen LogP contribution in [0.3, 0.4) is 0 Å². The Hall–Kier alpha value is -2.88. The number of nitriles is 1. The second-order valence-corrected chi connectivity index (χ2v) is 3.92. The SMILES string of the molecule is COc1ccc(-c2nnc(C)o2)cc1NC(=O)CC#N. The van der Waals surface area contributed by atoms with Crippen LogP contribution < -0.4 is 10.1 Å². The Morgan fingerprint density at radius 3 is 2.90 bits per heavy atom. The van der Waals surface area contributed by atoms with Gasteiger partial charge >= 0.3 is 0 Å². The van der Waals surface area contributed by atoms with Crippen LogP contribution in [0.5, 0.6) is 5.75 Å². The molecule has 1 aromatic heterocycles. The molecule has 7 heteroatoms. The summed E-state index contributed by atoms with van der Waals surface area (Å²) in [6.07, 6.45) is -0.229. The standard InChI is InChI=1S/C13H12N4O3/c1-8-16-17-13(20-8)9-3-4-11(19-2)10(7-9)15-12(18)5-6-14/h3-4,7H,5H2,1-2H3,(H,15,18). The molecule has 0 aliphatic rings. The summed E-state index contributed by atoms with van der Waals surface area (Å²) < 4.78 is 10.5. The van der Waals surface area contributed by atoms with Crippen molar-refractivity contribution in [1.82, 2.24) is 10.2 Å². The summed E-state index contributed by atoms with van der Waals surface area (Å²) in [4.78, 5) is 11.5. The number of anilines is 1. The highest BCUT2D eigenvalue weighted by atomic mass is 16.5. The maximum absolute atomic E-state index is 11.5. The molecule has 0 aliphatic heterocycles. The lowest BCUT2D eigenvalue weighted by Gasteiger charge is -2.10. The van der Waals surface area contributed by atoms with Crippen LogP contribution in [0.25, 0.3) is 11.5 Å². The molecule has 2 rings (SSSR count). The third-order valence-electron chi connectivity index (χ3n) is 2.49. The molecular formula is C13H12N4O3. The highest BCUT2D eigenvalue weighted by Crippen LogP contribution is 2.30. The van der Waals surface area contributed by atoms with Crippen molar-refractivity contribution < 1.29 is 13.9 Å². The first-order chi connectivity index (χ1) is 9.63. The molecule has 20 heavy (non-hydrogen) atoms. The van der Waals surface area contributed by atoms with E-state index in [4.69, 9.17) is 14.4 Å². The van der Waals surface area contributed by atoms with Gasteiger partial charge in [0.2, 0.25) is 17.7 Å². The average Bonchev–Trinajstić information content (AvgIpc) is 2.85. The molecule has 0 saturated carbocycles. The minimum Gasteiger partial charge on any atom is -0.495 e. The van der Waals surface area contributed by atoms with E-state index in [0.29, 0.717) is 28.8 Å². The number of amides is 1. The molecule has 0 unspecified atom stereocenters. The summed E-state index contributed by atoms with van der Waals surface area (Å²) in [5.74, 6) is 0.868. The molecule has 0 radical (unpaired) electrons. The number of methoxy groups -OCH3 is 1. The Bertz CT molecular complexity index is 672. The highest BCUT2D eigenvalue weighted by molar-refractivity contribution is 5.94. The monoisotopic (exact) mass is 272 g/mol. The fraction of sp³-hybridized carbons (Fsp3) is 0.231. The number of nitrogens with one attached hydrogen (secondary N) is 1. The van der Waals surface area contributed by atoms with Crippen molar-refractivity contribution in [3.8, 4) is 23.3 Å². The molecule has 0 bridgehead atoms. The van der Waals surface area contributed by atoms with Crippen LogP contribution in [0.4, 0.5) is 5.69 Å². The molecule has 0 fully saturated rings. The Morgan fingerprint density at radius 2 is 2.30 bits per heavy atom. The second kappa shape index (κ2) is 5.84. The van der Waals surface area contributed by atoms with Crippen molar-refractivity contribution in [3.63, 3.8) is 0 Å². The molecule has 0 spiro atoms. The lowest BCUT2D eigenvalue weighted by molar-refractivity contribution is -0.115. The van der Waals surface area contributed by atoms with Crippen molar-refractivity contribution in [2.24, 2.45) is 0 Å². The summed E-state index contributed by atoms with van der Waals surface area (Å²) in [6, 6.07) is 6.85. The maximum atomic E-state index is 11.5. The molecule has 0 atom stereocenters. The van der Waals surface area contributed by atoms with Gasteiger partial charge in [-0.3, -0.25) is 4.79 Å². The van der Waals surface area contributed by atoms with Crippen molar-refractivity contribution in [1.29, 1.82) is 5.26 Å². The van der Waals surface area contributed by atoms with Crippen LogP contribution in [0.15, 0.2) is 22.6 Å². The van der Waals surface area contributed by atoms with E-state index < -0.39 is 5.91 Å². The molecule has 0 saturated heterocycles. The molecule has 102 valence electrons. The predicted octanol–water partition coefficient (Wildman–Crippen LogP) is 1.91. The molecule has 7 nitrogen and oxygen atoms in total. The third-order valence-corrected chi connectivity index (χ3v) is 2.49. The van der Waals surface area contributed by atoms with Crippen LogP contribution in [-0.4, -0.2) is 23.2 Å². The van der Waals surface area contributed by atoms with Crippen LogP contribution in [0, 0.1) is 18.3 Å². The van der Waals surface area contributed by atoms with Crippen molar-refractivity contribution in [3.05, 3.63) is 24.1 Å². The lowest BCUT2D eigenvalue weighted by atomic mass is 10.2. The van der Waals surface area contributed by atoms with Gasteiger partial charge in [-0.1, -0.05) is 0 Å². The number of nitrogens with zero attached hydrogens (tertiary/aromatic N) is 3. The van der Waals surface area contributed by atoms with Gasteiger partial charge in [0.05, 0.1) is 18.9 Å². The number of hydrogen-bond acceptors (Lipinski definition) is 6. The molecule has 1 heterocycles. The zero-order valence-corrected chi connectivity index (χ0v) is 11.0. The summed E-state index contributed by atoms with van der Waals surface area (Å²) in [6.45, 7) is 1.69. The first kappa shape index (κ1) is 13.5. The van der Waals surface area contributed by atoms with Gasteiger partial charge in [0, 0.05) is 12.5 Å². The predicted molar refractivity (Wildman–Crippen MR) is 69.9 cm³/mol. The molecular weight excluding hydrogens is 260 g/mol. The Morgan fingerprint density at radius 1 is 1.50 bits per heavy atom. The quantitative estimate of drug-likeness (QED) is 0.912. The van der Waals surface area contributed by atoms with Gasteiger partial charge in [-0.2, -0.15) is 5.26 Å². The Labute approximate surface area is 115 Å². The summed E-state index contributed by atoms with van der Waals surface area (Å²) in [5, 5.41) is 18.8. The summed E-state index contributed by atoms with van der Waals surface area (Å²) >= 11 is 0. The van der Waals surface area contributed by atoms with Crippen LogP contribution in [-0.2, 0) is 4.79 Å². The van der Waals surface area contributed by atoms with Gasteiger partial charge in [0.1, 0.15) is 12.2 Å². The van der Waals surface area contributed by atoms with E-state index in [9.17, 15) is 4.79 Å². The van der Waals surface area contributed by atoms with Crippen molar-refractivity contribution in [2.75, 3.05) is 12.4 Å². The van der Waals surface area contributed by atoms with Crippen molar-refractivity contribution >= 4 is 11.6 Å². The highest BCUT2D eigenvalue weighted by Gasteiger charge is 2.12. The molecule has 2 aromatic rings. The number of carbonyl (C=O) groups is 1. The van der Waals surface area contributed by atoms with Crippen LogP contribution in [0.2, 0.25) is 0 Å². The van der Waals surface area contributed by atoms with E-state index in [-0.39, 0.29) is 6.42 Å². The van der Waals surface area contributed by atoms with Gasteiger partial charge in [-0.25, -0.2) is 0 Å².